The van der Waals surface area contributed by atoms with Crippen molar-refractivity contribution in [1.29, 1.82) is 0 Å². The van der Waals surface area contributed by atoms with E-state index in [0.717, 1.165) is 18.2 Å². The largest absolute Gasteiger partial charge is 0.416 e. The van der Waals surface area contributed by atoms with Crippen LogP contribution in [0.1, 0.15) is 22.3 Å². The number of hydrogen-bond donors (Lipinski definition) is 1. The van der Waals surface area contributed by atoms with E-state index in [0.29, 0.717) is 41.0 Å². The quantitative estimate of drug-likeness (QED) is 0.539. The normalized spacial score (nSPS) is 14.0. The number of anilines is 1. The van der Waals surface area contributed by atoms with E-state index in [4.69, 9.17) is 0 Å². The van der Waals surface area contributed by atoms with Gasteiger partial charge >= 0.3 is 6.18 Å². The van der Waals surface area contributed by atoms with Gasteiger partial charge in [-0.25, -0.2) is 17.2 Å². The molecule has 0 aromatic heterocycles. The summed E-state index contributed by atoms with van der Waals surface area (Å²) in [6.45, 7) is 0.286. The van der Waals surface area contributed by atoms with E-state index in [2.05, 4.69) is 9.71 Å². The SMILES string of the molecule is O=S(=O)(Nc1cccc(C2=NCCc3cc(C(F)(F)F)ccc32)c1)c1ccc(F)c(F)c1. The Morgan fingerprint density at radius 2 is 1.69 bits per heavy atom. The maximum atomic E-state index is 13.4. The minimum Gasteiger partial charge on any atom is -0.284 e. The van der Waals surface area contributed by atoms with Gasteiger partial charge in [0.05, 0.1) is 16.2 Å². The van der Waals surface area contributed by atoms with E-state index < -0.39 is 38.3 Å². The highest BCUT2D eigenvalue weighted by molar-refractivity contribution is 7.92. The van der Waals surface area contributed by atoms with Crippen LogP contribution in [-0.2, 0) is 22.6 Å². The van der Waals surface area contributed by atoms with Gasteiger partial charge in [-0.1, -0.05) is 18.2 Å². The fraction of sp³-hybridized carbons (Fsp3) is 0.136. The van der Waals surface area contributed by atoms with Crippen LogP contribution < -0.4 is 4.72 Å². The molecule has 166 valence electrons. The van der Waals surface area contributed by atoms with Crippen LogP contribution in [0.2, 0.25) is 0 Å². The molecule has 0 bridgehead atoms. The van der Waals surface area contributed by atoms with Crippen LogP contribution in [0.25, 0.3) is 0 Å². The number of nitrogens with one attached hydrogen (secondary N) is 1. The van der Waals surface area contributed by atoms with Crippen LogP contribution in [-0.4, -0.2) is 20.7 Å². The Morgan fingerprint density at radius 3 is 2.41 bits per heavy atom. The second-order valence-electron chi connectivity index (χ2n) is 7.11. The first-order valence-electron chi connectivity index (χ1n) is 9.38. The Bertz CT molecular complexity index is 1330. The minimum atomic E-state index is -4.46. The maximum absolute atomic E-state index is 13.4. The minimum absolute atomic E-state index is 0.133. The van der Waals surface area contributed by atoms with Crippen molar-refractivity contribution in [3.63, 3.8) is 0 Å². The van der Waals surface area contributed by atoms with Gasteiger partial charge in [-0.3, -0.25) is 9.71 Å². The molecular formula is C22H15F5N2O2S. The Balaban J connectivity index is 1.66. The van der Waals surface area contributed by atoms with E-state index >= 15 is 0 Å². The molecule has 0 spiro atoms. The van der Waals surface area contributed by atoms with Crippen LogP contribution >= 0.6 is 0 Å². The summed E-state index contributed by atoms with van der Waals surface area (Å²) in [4.78, 5) is 3.96. The van der Waals surface area contributed by atoms with Crippen molar-refractivity contribution in [2.24, 2.45) is 4.99 Å². The molecule has 3 aromatic carbocycles. The summed E-state index contributed by atoms with van der Waals surface area (Å²) in [6, 6.07) is 11.8. The summed E-state index contributed by atoms with van der Waals surface area (Å²) in [5.41, 5.74) is 1.35. The van der Waals surface area contributed by atoms with Crippen molar-refractivity contribution in [2.45, 2.75) is 17.5 Å². The number of aliphatic imine (C=N–C) groups is 1. The van der Waals surface area contributed by atoms with E-state index in [1.807, 2.05) is 0 Å². The van der Waals surface area contributed by atoms with Crippen LogP contribution in [0.3, 0.4) is 0 Å². The average Bonchev–Trinajstić information content (AvgIpc) is 2.74. The van der Waals surface area contributed by atoms with E-state index in [9.17, 15) is 30.4 Å². The molecule has 1 heterocycles. The van der Waals surface area contributed by atoms with Crippen LogP contribution in [0.5, 0.6) is 0 Å². The molecule has 4 rings (SSSR count). The van der Waals surface area contributed by atoms with Crippen LogP contribution in [0.15, 0.2) is 70.6 Å². The number of benzene rings is 3. The van der Waals surface area contributed by atoms with Gasteiger partial charge in [0.25, 0.3) is 10.0 Å². The monoisotopic (exact) mass is 466 g/mol. The topological polar surface area (TPSA) is 58.5 Å². The first kappa shape index (κ1) is 21.9. The summed E-state index contributed by atoms with van der Waals surface area (Å²) >= 11 is 0. The van der Waals surface area contributed by atoms with Crippen molar-refractivity contribution in [3.8, 4) is 0 Å². The summed E-state index contributed by atoms with van der Waals surface area (Å²) in [7, 11) is -4.20. The smallest absolute Gasteiger partial charge is 0.284 e. The number of nitrogens with zero attached hydrogens (tertiary/aromatic N) is 1. The summed E-state index contributed by atoms with van der Waals surface area (Å²) in [5, 5.41) is 0. The third-order valence-corrected chi connectivity index (χ3v) is 6.31. The van der Waals surface area contributed by atoms with Gasteiger partial charge in [0.15, 0.2) is 11.6 Å². The third-order valence-electron chi connectivity index (χ3n) is 4.93. The van der Waals surface area contributed by atoms with Crippen molar-refractivity contribution >= 4 is 21.4 Å². The first-order chi connectivity index (χ1) is 15.0. The van der Waals surface area contributed by atoms with Gasteiger partial charge in [0.1, 0.15) is 0 Å². The lowest BCUT2D eigenvalue weighted by Gasteiger charge is -2.19. The Hall–Kier alpha value is -3.27. The van der Waals surface area contributed by atoms with Gasteiger partial charge in [0, 0.05) is 23.4 Å². The summed E-state index contributed by atoms with van der Waals surface area (Å²) in [6.07, 6.45) is -4.10. The third kappa shape index (κ3) is 4.36. The van der Waals surface area contributed by atoms with E-state index in [-0.39, 0.29) is 12.2 Å². The lowest BCUT2D eigenvalue weighted by Crippen LogP contribution is -2.17. The van der Waals surface area contributed by atoms with Crippen molar-refractivity contribution < 1.29 is 30.4 Å². The zero-order valence-electron chi connectivity index (χ0n) is 16.2. The lowest BCUT2D eigenvalue weighted by atomic mass is 9.91. The van der Waals surface area contributed by atoms with Gasteiger partial charge < -0.3 is 0 Å². The summed E-state index contributed by atoms with van der Waals surface area (Å²) < 4.78 is 93.1. The molecule has 0 fully saturated rings. The van der Waals surface area contributed by atoms with Crippen LogP contribution in [0, 0.1) is 11.6 Å². The number of fused-ring (bicyclic) bond motifs is 1. The molecule has 1 N–H and O–H groups in total. The fourth-order valence-corrected chi connectivity index (χ4v) is 4.48. The standard InChI is InChI=1S/C22H15F5N2O2S/c23-19-7-5-17(12-20(19)24)32(30,31)29-16-3-1-2-14(11-16)21-18-6-4-15(22(25,26)27)10-13(18)8-9-28-21/h1-7,10-12,29H,8-9H2. The highest BCUT2D eigenvalue weighted by Crippen LogP contribution is 2.32. The number of hydrogen-bond acceptors (Lipinski definition) is 3. The van der Waals surface area contributed by atoms with E-state index in [1.165, 1.54) is 18.2 Å². The molecule has 10 heteroatoms. The predicted octanol–water partition coefficient (Wildman–Crippen LogP) is 5.18. The first-order valence-corrected chi connectivity index (χ1v) is 10.9. The molecule has 4 nitrogen and oxygen atoms in total. The lowest BCUT2D eigenvalue weighted by molar-refractivity contribution is -0.137. The molecule has 32 heavy (non-hydrogen) atoms. The Morgan fingerprint density at radius 1 is 0.906 bits per heavy atom. The molecular weight excluding hydrogens is 451 g/mol. The molecule has 1 aliphatic heterocycles. The molecule has 3 aromatic rings. The molecule has 1 aliphatic rings. The second-order valence-corrected chi connectivity index (χ2v) is 8.79. The predicted molar refractivity (Wildman–Crippen MR) is 109 cm³/mol. The molecule has 0 unspecified atom stereocenters. The molecule has 0 aliphatic carbocycles. The van der Waals surface area contributed by atoms with Gasteiger partial charge in [-0.05, 0) is 54.4 Å². The zero-order chi connectivity index (χ0) is 23.1. The molecule has 0 amide bonds. The van der Waals surface area contributed by atoms with Crippen molar-refractivity contribution in [2.75, 3.05) is 11.3 Å². The van der Waals surface area contributed by atoms with Crippen molar-refractivity contribution in [3.05, 3.63) is 94.6 Å². The molecule has 0 saturated carbocycles. The molecule has 0 radical (unpaired) electrons. The Kier molecular flexibility index (Phi) is 5.49. The van der Waals surface area contributed by atoms with Crippen LogP contribution in [0.4, 0.5) is 27.6 Å². The maximum Gasteiger partial charge on any atom is 0.416 e. The number of rotatable bonds is 4. The average molecular weight is 466 g/mol. The highest BCUT2D eigenvalue weighted by atomic mass is 32.2. The van der Waals surface area contributed by atoms with Gasteiger partial charge in [0.2, 0.25) is 0 Å². The highest BCUT2D eigenvalue weighted by Gasteiger charge is 2.31. The number of halogens is 5. The van der Waals surface area contributed by atoms with Gasteiger partial charge in [-0.15, -0.1) is 0 Å². The summed E-state index contributed by atoms with van der Waals surface area (Å²) in [5.74, 6) is -2.47. The molecule has 0 atom stereocenters. The second kappa shape index (κ2) is 8.01. The number of sulfonamides is 1. The fourth-order valence-electron chi connectivity index (χ4n) is 3.42. The van der Waals surface area contributed by atoms with E-state index in [1.54, 1.807) is 12.1 Å². The zero-order valence-corrected chi connectivity index (χ0v) is 17.1. The molecule has 0 saturated heterocycles. The Labute approximate surface area is 180 Å². The van der Waals surface area contributed by atoms with Gasteiger partial charge in [-0.2, -0.15) is 13.2 Å². The number of alkyl halides is 3. The van der Waals surface area contributed by atoms with Crippen molar-refractivity contribution in [1.82, 2.24) is 0 Å².